The summed E-state index contributed by atoms with van der Waals surface area (Å²) in [5.74, 6) is -0.104. The first-order valence-corrected chi connectivity index (χ1v) is 4.44. The number of carbonyl (C=O) groups is 1. The van der Waals surface area contributed by atoms with Gasteiger partial charge < -0.3 is 0 Å². The van der Waals surface area contributed by atoms with Gasteiger partial charge >= 0.3 is 0 Å². The zero-order chi connectivity index (χ0) is 9.14. The van der Waals surface area contributed by atoms with E-state index in [0.29, 0.717) is 10.6 Å². The molecule has 12 heavy (non-hydrogen) atoms. The highest BCUT2D eigenvalue weighted by molar-refractivity contribution is 9.10. The summed E-state index contributed by atoms with van der Waals surface area (Å²) in [4.78, 5) is 11.1. The van der Waals surface area contributed by atoms with Gasteiger partial charge in [0.15, 0.2) is 5.78 Å². The number of ketones is 1. The topological polar surface area (TPSA) is 17.1 Å². The molecule has 0 aliphatic carbocycles. The lowest BCUT2D eigenvalue weighted by atomic mass is 10.1. The summed E-state index contributed by atoms with van der Waals surface area (Å²) in [6, 6.07) is 5.01. The van der Waals surface area contributed by atoms with Crippen molar-refractivity contribution in [3.8, 4) is 0 Å². The minimum atomic E-state index is -0.104. The van der Waals surface area contributed by atoms with Gasteiger partial charge in [0.25, 0.3) is 0 Å². The van der Waals surface area contributed by atoms with Crippen LogP contribution in [0.1, 0.15) is 10.4 Å². The van der Waals surface area contributed by atoms with E-state index in [2.05, 4.69) is 22.5 Å². The largest absolute Gasteiger partial charge is 0.289 e. The lowest BCUT2D eigenvalue weighted by molar-refractivity contribution is 0.104. The molecule has 0 heterocycles. The van der Waals surface area contributed by atoms with Crippen LogP contribution >= 0.6 is 27.5 Å². The smallest absolute Gasteiger partial charge is 0.185 e. The zero-order valence-corrected chi connectivity index (χ0v) is 8.52. The van der Waals surface area contributed by atoms with Gasteiger partial charge in [-0.05, 0) is 40.2 Å². The quantitative estimate of drug-likeness (QED) is 0.576. The van der Waals surface area contributed by atoms with E-state index in [1.54, 1.807) is 18.2 Å². The van der Waals surface area contributed by atoms with Crippen molar-refractivity contribution in [2.75, 3.05) is 0 Å². The summed E-state index contributed by atoms with van der Waals surface area (Å²) in [5, 5.41) is 0.593. The SMILES string of the molecule is C=CC(=O)c1ccc(Cl)c(Br)c1. The van der Waals surface area contributed by atoms with E-state index in [-0.39, 0.29) is 5.78 Å². The standard InChI is InChI=1S/C9H6BrClO/c1-2-9(12)6-3-4-8(11)7(10)5-6/h2-5H,1H2. The first-order chi connectivity index (χ1) is 5.65. The maximum atomic E-state index is 11.1. The molecule has 0 saturated carbocycles. The average Bonchev–Trinajstić information content (AvgIpc) is 2.08. The van der Waals surface area contributed by atoms with E-state index in [9.17, 15) is 4.79 Å². The minimum absolute atomic E-state index is 0.104. The summed E-state index contributed by atoms with van der Waals surface area (Å²) >= 11 is 8.97. The number of hydrogen-bond donors (Lipinski definition) is 0. The third-order valence-electron chi connectivity index (χ3n) is 1.39. The Morgan fingerprint density at radius 3 is 2.75 bits per heavy atom. The molecule has 0 atom stereocenters. The van der Waals surface area contributed by atoms with Gasteiger partial charge in [0, 0.05) is 10.0 Å². The van der Waals surface area contributed by atoms with E-state index < -0.39 is 0 Å². The van der Waals surface area contributed by atoms with Crippen LogP contribution in [-0.2, 0) is 0 Å². The molecule has 0 aliphatic heterocycles. The highest BCUT2D eigenvalue weighted by Crippen LogP contribution is 2.23. The predicted octanol–water partition coefficient (Wildman–Crippen LogP) is 3.47. The van der Waals surface area contributed by atoms with Crippen LogP contribution in [0.2, 0.25) is 5.02 Å². The van der Waals surface area contributed by atoms with Crippen molar-refractivity contribution in [3.05, 3.63) is 45.9 Å². The monoisotopic (exact) mass is 244 g/mol. The maximum Gasteiger partial charge on any atom is 0.185 e. The lowest BCUT2D eigenvalue weighted by Gasteiger charge is -1.98. The van der Waals surface area contributed by atoms with Crippen LogP contribution in [0.4, 0.5) is 0 Å². The number of carbonyl (C=O) groups excluding carboxylic acids is 1. The van der Waals surface area contributed by atoms with Gasteiger partial charge in [0.05, 0.1) is 5.02 Å². The molecule has 0 fully saturated rings. The third kappa shape index (κ3) is 1.96. The van der Waals surface area contributed by atoms with Gasteiger partial charge in [0.1, 0.15) is 0 Å². The summed E-state index contributed by atoms with van der Waals surface area (Å²) in [6.45, 7) is 3.39. The second-order valence-electron chi connectivity index (χ2n) is 2.20. The van der Waals surface area contributed by atoms with Crippen molar-refractivity contribution in [2.24, 2.45) is 0 Å². The van der Waals surface area contributed by atoms with Gasteiger partial charge in [-0.2, -0.15) is 0 Å². The second-order valence-corrected chi connectivity index (χ2v) is 3.46. The van der Waals surface area contributed by atoms with Crippen LogP contribution in [-0.4, -0.2) is 5.78 Å². The maximum absolute atomic E-state index is 11.1. The van der Waals surface area contributed by atoms with Crippen molar-refractivity contribution in [1.29, 1.82) is 0 Å². The average molecular weight is 246 g/mol. The third-order valence-corrected chi connectivity index (χ3v) is 2.60. The molecule has 0 amide bonds. The van der Waals surface area contributed by atoms with Crippen molar-refractivity contribution < 1.29 is 4.79 Å². The van der Waals surface area contributed by atoms with E-state index in [0.717, 1.165) is 4.47 Å². The van der Waals surface area contributed by atoms with E-state index in [1.165, 1.54) is 6.08 Å². The number of benzene rings is 1. The first kappa shape index (κ1) is 9.49. The Kier molecular flexibility index (Phi) is 3.06. The van der Waals surface area contributed by atoms with Gasteiger partial charge in [0.2, 0.25) is 0 Å². The van der Waals surface area contributed by atoms with Crippen molar-refractivity contribution in [3.63, 3.8) is 0 Å². The summed E-state index contributed by atoms with van der Waals surface area (Å²) in [6.07, 6.45) is 1.27. The molecule has 0 saturated heterocycles. The van der Waals surface area contributed by atoms with Crippen LogP contribution in [0, 0.1) is 0 Å². The normalized spacial score (nSPS) is 9.50. The summed E-state index contributed by atoms with van der Waals surface area (Å²) in [7, 11) is 0. The molecule has 0 aromatic heterocycles. The molecule has 0 aliphatic rings. The molecule has 1 aromatic carbocycles. The molecule has 3 heteroatoms. The molecular weight excluding hydrogens is 239 g/mol. The Balaban J connectivity index is 3.13. The lowest BCUT2D eigenvalue weighted by Crippen LogP contribution is -1.92. The molecule has 0 radical (unpaired) electrons. The minimum Gasteiger partial charge on any atom is -0.289 e. The highest BCUT2D eigenvalue weighted by atomic mass is 79.9. The molecule has 0 unspecified atom stereocenters. The Labute approximate surface area is 84.2 Å². The fourth-order valence-electron chi connectivity index (χ4n) is 0.767. The van der Waals surface area contributed by atoms with Crippen molar-refractivity contribution in [1.82, 2.24) is 0 Å². The molecule has 0 N–H and O–H groups in total. The van der Waals surface area contributed by atoms with Gasteiger partial charge in [-0.1, -0.05) is 18.2 Å². The number of rotatable bonds is 2. The van der Waals surface area contributed by atoms with Gasteiger partial charge in [-0.15, -0.1) is 0 Å². The molecule has 1 aromatic rings. The molecule has 1 rings (SSSR count). The fourth-order valence-corrected chi connectivity index (χ4v) is 1.26. The summed E-state index contributed by atoms with van der Waals surface area (Å²) in [5.41, 5.74) is 0.585. The first-order valence-electron chi connectivity index (χ1n) is 3.27. The Morgan fingerprint density at radius 1 is 1.58 bits per heavy atom. The highest BCUT2D eigenvalue weighted by Gasteiger charge is 2.03. The molecule has 62 valence electrons. The zero-order valence-electron chi connectivity index (χ0n) is 6.18. The van der Waals surface area contributed by atoms with Crippen LogP contribution in [0.3, 0.4) is 0 Å². The van der Waals surface area contributed by atoms with Crippen LogP contribution in [0.25, 0.3) is 0 Å². The second kappa shape index (κ2) is 3.87. The predicted molar refractivity (Wildman–Crippen MR) is 53.7 cm³/mol. The fraction of sp³-hybridized carbons (Fsp3) is 0. The molecular formula is C9H6BrClO. The van der Waals surface area contributed by atoms with Crippen LogP contribution in [0.5, 0.6) is 0 Å². The van der Waals surface area contributed by atoms with Gasteiger partial charge in [-0.25, -0.2) is 0 Å². The van der Waals surface area contributed by atoms with Crippen molar-refractivity contribution in [2.45, 2.75) is 0 Å². The van der Waals surface area contributed by atoms with Crippen LogP contribution < -0.4 is 0 Å². The van der Waals surface area contributed by atoms with Crippen molar-refractivity contribution >= 4 is 33.3 Å². The number of allylic oxidation sites excluding steroid dienone is 1. The Bertz CT molecular complexity index is 333. The number of halogens is 2. The molecule has 0 spiro atoms. The Morgan fingerprint density at radius 2 is 2.25 bits per heavy atom. The Hall–Kier alpha value is -0.600. The molecule has 1 nitrogen and oxygen atoms in total. The summed E-state index contributed by atoms with van der Waals surface area (Å²) < 4.78 is 0.719. The van der Waals surface area contributed by atoms with E-state index in [1.807, 2.05) is 0 Å². The van der Waals surface area contributed by atoms with Crippen LogP contribution in [0.15, 0.2) is 35.3 Å². The van der Waals surface area contributed by atoms with E-state index in [4.69, 9.17) is 11.6 Å². The van der Waals surface area contributed by atoms with Gasteiger partial charge in [-0.3, -0.25) is 4.79 Å². The van der Waals surface area contributed by atoms with E-state index >= 15 is 0 Å². The number of hydrogen-bond acceptors (Lipinski definition) is 1. The molecule has 0 bridgehead atoms.